The van der Waals surface area contributed by atoms with Crippen molar-refractivity contribution in [3.8, 4) is 5.75 Å². The van der Waals surface area contributed by atoms with Gasteiger partial charge in [0.05, 0.1) is 11.4 Å². The molecule has 0 spiro atoms. The molecule has 0 bridgehead atoms. The topological polar surface area (TPSA) is 34.0 Å². The lowest BCUT2D eigenvalue weighted by Crippen LogP contribution is -2.69. The molecule has 0 amide bonds. The summed E-state index contributed by atoms with van der Waals surface area (Å²) in [6.45, 7) is -2.72. The van der Waals surface area contributed by atoms with Crippen molar-refractivity contribution in [1.82, 2.24) is 0 Å². The van der Waals surface area contributed by atoms with Gasteiger partial charge in [0.2, 0.25) is 0 Å². The summed E-state index contributed by atoms with van der Waals surface area (Å²) in [6.07, 6.45) is -5.57. The first kappa shape index (κ1) is 28.2. The van der Waals surface area contributed by atoms with E-state index in [1.54, 1.807) is 0 Å². The first-order valence-corrected chi connectivity index (χ1v) is 8.94. The third-order valence-electron chi connectivity index (χ3n) is 4.31. The Hall–Kier alpha value is -3.07. The molecule has 0 heterocycles. The van der Waals surface area contributed by atoms with E-state index in [-0.39, 0.29) is 11.4 Å². The average molecular weight is 530 g/mol. The van der Waals surface area contributed by atoms with E-state index in [1.165, 1.54) is 12.1 Å². The Bertz CT molecular complexity index is 1020. The monoisotopic (exact) mass is 530 g/mol. The minimum Gasteiger partial charge on any atom is -0.487 e. The van der Waals surface area contributed by atoms with E-state index >= 15 is 0 Å². The van der Waals surface area contributed by atoms with E-state index in [1.807, 2.05) is 0 Å². The summed E-state index contributed by atoms with van der Waals surface area (Å²) in [5, 5.41) is 7.33. The Balaban J connectivity index is 2.15. The van der Waals surface area contributed by atoms with Crippen LogP contribution in [0.4, 0.5) is 68.5 Å². The van der Waals surface area contributed by atoms with E-state index in [4.69, 9.17) is 0 Å². The largest absolute Gasteiger partial charge is 0.487 e. The highest BCUT2D eigenvalue weighted by atomic mass is 19.4. The maximum absolute atomic E-state index is 13.7. The lowest BCUT2D eigenvalue weighted by molar-refractivity contribution is -0.414. The van der Waals surface area contributed by atoms with Crippen LogP contribution in [-0.2, 0) is 0 Å². The molecule has 194 valence electrons. The van der Waals surface area contributed by atoms with E-state index in [0.29, 0.717) is 0 Å². The number of hydrogen-bond donors (Lipinski definition) is 0. The van der Waals surface area contributed by atoms with E-state index in [0.717, 1.165) is 36.4 Å². The third kappa shape index (κ3) is 5.29. The molecular formula is C19H11F13N2O. The van der Waals surface area contributed by atoms with Gasteiger partial charge in [-0.15, -0.1) is 0 Å². The first-order chi connectivity index (χ1) is 15.9. The van der Waals surface area contributed by atoms with Crippen LogP contribution in [0.15, 0.2) is 58.8 Å². The van der Waals surface area contributed by atoms with Gasteiger partial charge in [0.15, 0.2) is 6.61 Å². The van der Waals surface area contributed by atoms with Gasteiger partial charge in [0, 0.05) is 0 Å². The van der Waals surface area contributed by atoms with Gasteiger partial charge in [-0.2, -0.15) is 54.1 Å². The van der Waals surface area contributed by atoms with Gasteiger partial charge in [-0.1, -0.05) is 0 Å². The third-order valence-corrected chi connectivity index (χ3v) is 4.31. The van der Waals surface area contributed by atoms with Crippen molar-refractivity contribution in [3.63, 3.8) is 0 Å². The molecule has 0 saturated heterocycles. The molecule has 16 heteroatoms. The highest BCUT2D eigenvalue weighted by Gasteiger charge is 2.87. The number of alkyl halides is 12. The van der Waals surface area contributed by atoms with Gasteiger partial charge in [-0.25, -0.2) is 13.2 Å². The van der Waals surface area contributed by atoms with Gasteiger partial charge in [0.25, 0.3) is 0 Å². The Morgan fingerprint density at radius 2 is 1.06 bits per heavy atom. The molecule has 0 N–H and O–H groups in total. The molecule has 0 radical (unpaired) electrons. The Labute approximate surface area is 187 Å². The number of rotatable bonds is 10. The van der Waals surface area contributed by atoms with Crippen molar-refractivity contribution in [2.45, 2.75) is 36.0 Å². The quantitative estimate of drug-likeness (QED) is 0.226. The summed E-state index contributed by atoms with van der Waals surface area (Å²) < 4.78 is 175. The van der Waals surface area contributed by atoms with Gasteiger partial charge in [-0.3, -0.25) is 0 Å². The normalized spacial score (nSPS) is 14.1. The van der Waals surface area contributed by atoms with Crippen molar-refractivity contribution in [2.24, 2.45) is 10.2 Å². The van der Waals surface area contributed by atoms with Crippen LogP contribution in [0.1, 0.15) is 0 Å². The fraction of sp³-hybridized carbons (Fsp3) is 0.368. The molecule has 0 fully saturated rings. The summed E-state index contributed by atoms with van der Waals surface area (Å²) in [4.78, 5) is 0. The molecule has 2 aromatic carbocycles. The van der Waals surface area contributed by atoms with Crippen molar-refractivity contribution in [1.29, 1.82) is 0 Å². The lowest BCUT2D eigenvalue weighted by Gasteiger charge is -2.39. The van der Waals surface area contributed by atoms with Gasteiger partial charge >= 0.3 is 36.0 Å². The second-order valence-electron chi connectivity index (χ2n) is 6.81. The zero-order valence-electron chi connectivity index (χ0n) is 16.6. The van der Waals surface area contributed by atoms with Crippen LogP contribution in [0.5, 0.6) is 5.75 Å². The second kappa shape index (κ2) is 9.53. The molecule has 0 aliphatic carbocycles. The van der Waals surface area contributed by atoms with Crippen molar-refractivity contribution in [3.05, 3.63) is 54.3 Å². The highest BCUT2D eigenvalue weighted by Crippen LogP contribution is 2.58. The molecule has 3 nitrogen and oxygen atoms in total. The van der Waals surface area contributed by atoms with Gasteiger partial charge < -0.3 is 4.74 Å². The highest BCUT2D eigenvalue weighted by molar-refractivity contribution is 5.42. The molecule has 0 aliphatic heterocycles. The van der Waals surface area contributed by atoms with Crippen molar-refractivity contribution in [2.75, 3.05) is 6.61 Å². The fourth-order valence-corrected chi connectivity index (χ4v) is 2.27. The summed E-state index contributed by atoms with van der Waals surface area (Å²) in [6, 6.07) is 8.22. The summed E-state index contributed by atoms with van der Waals surface area (Å²) in [5.41, 5.74) is 0.211. The zero-order chi connectivity index (χ0) is 26.9. The SMILES string of the molecule is Fc1ccc(N=Nc2ccc(OCC(F)(F)C(F)(F)C(F)(F)C(F)(F)C(F)(F)C(F)F)cc2)cc1. The van der Waals surface area contributed by atoms with Gasteiger partial charge in [-0.05, 0) is 48.5 Å². The second-order valence-corrected chi connectivity index (χ2v) is 6.81. The molecule has 0 unspecified atom stereocenters. The smallest absolute Gasteiger partial charge is 0.384 e. The Morgan fingerprint density at radius 3 is 1.49 bits per heavy atom. The predicted octanol–water partition coefficient (Wildman–Crippen LogP) is 8.06. The predicted molar refractivity (Wildman–Crippen MR) is 93.3 cm³/mol. The maximum Gasteiger partial charge on any atom is 0.384 e. The number of azo groups is 1. The Morgan fingerprint density at radius 1 is 0.629 bits per heavy atom. The number of nitrogens with zero attached hydrogens (tertiary/aromatic N) is 2. The molecule has 0 atom stereocenters. The minimum atomic E-state index is -7.61. The fourth-order valence-electron chi connectivity index (χ4n) is 2.27. The Kier molecular flexibility index (Phi) is 7.67. The van der Waals surface area contributed by atoms with Crippen LogP contribution in [-0.4, -0.2) is 42.6 Å². The molecule has 0 saturated carbocycles. The van der Waals surface area contributed by atoms with Crippen molar-refractivity contribution < 1.29 is 61.8 Å². The van der Waals surface area contributed by atoms with E-state index in [2.05, 4.69) is 15.0 Å². The van der Waals surface area contributed by atoms with E-state index < -0.39 is 54.2 Å². The average Bonchev–Trinajstić information content (AvgIpc) is 2.77. The number of benzene rings is 2. The summed E-state index contributed by atoms with van der Waals surface area (Å²) in [7, 11) is 0. The molecular weight excluding hydrogens is 519 g/mol. The standard InChI is InChI=1S/C19H11F13N2O/c20-10-1-3-11(4-2-10)33-34-12-5-7-13(8-6-12)35-9-15(23,24)17(27,28)19(31,32)18(29,30)16(25,26)14(21)22/h1-8,14H,9H2. The molecule has 0 aliphatic rings. The number of ether oxygens (including phenoxy) is 1. The van der Waals surface area contributed by atoms with Crippen LogP contribution in [0.25, 0.3) is 0 Å². The van der Waals surface area contributed by atoms with Gasteiger partial charge in [0.1, 0.15) is 11.6 Å². The summed E-state index contributed by atoms with van der Waals surface area (Å²) >= 11 is 0. The minimum absolute atomic E-state index is 0.0131. The van der Waals surface area contributed by atoms with Crippen LogP contribution in [0.2, 0.25) is 0 Å². The first-order valence-electron chi connectivity index (χ1n) is 8.94. The van der Waals surface area contributed by atoms with Crippen LogP contribution in [0, 0.1) is 5.82 Å². The molecule has 35 heavy (non-hydrogen) atoms. The van der Waals surface area contributed by atoms with E-state index in [9.17, 15) is 57.1 Å². The van der Waals surface area contributed by atoms with Crippen LogP contribution >= 0.6 is 0 Å². The lowest BCUT2D eigenvalue weighted by atomic mass is 9.94. The maximum atomic E-state index is 13.7. The molecule has 2 rings (SSSR count). The molecule has 0 aromatic heterocycles. The zero-order valence-corrected chi connectivity index (χ0v) is 16.6. The van der Waals surface area contributed by atoms with Crippen LogP contribution in [0.3, 0.4) is 0 Å². The van der Waals surface area contributed by atoms with Crippen molar-refractivity contribution >= 4 is 11.4 Å². The number of halogens is 13. The number of hydrogen-bond acceptors (Lipinski definition) is 3. The van der Waals surface area contributed by atoms with Crippen LogP contribution < -0.4 is 4.74 Å². The molecule has 2 aromatic rings. The summed E-state index contributed by atoms with van der Waals surface area (Å²) in [5.74, 6) is -37.0.